The predicted molar refractivity (Wildman–Crippen MR) is 92.4 cm³/mol. The van der Waals surface area contributed by atoms with Gasteiger partial charge in [0.05, 0.1) is 10.9 Å². The van der Waals surface area contributed by atoms with Gasteiger partial charge in [-0.05, 0) is 54.4 Å². The Morgan fingerprint density at radius 1 is 1.32 bits per heavy atom. The third-order valence-corrected chi connectivity index (χ3v) is 5.26. The average Bonchev–Trinajstić information content (AvgIpc) is 2.97. The molecule has 124 valence electrons. The minimum atomic E-state index is -0.196. The second-order valence-electron chi connectivity index (χ2n) is 7.37. The second kappa shape index (κ2) is 6.65. The highest BCUT2D eigenvalue weighted by molar-refractivity contribution is 8.00. The van der Waals surface area contributed by atoms with E-state index in [1.54, 1.807) is 11.8 Å². The van der Waals surface area contributed by atoms with Crippen molar-refractivity contribution in [2.75, 3.05) is 0 Å². The van der Waals surface area contributed by atoms with E-state index in [1.807, 2.05) is 27.7 Å². The normalized spacial score (nSPS) is 17.7. The minimum Gasteiger partial charge on any atom is -0.351 e. The van der Waals surface area contributed by atoms with Gasteiger partial charge in [0.25, 0.3) is 0 Å². The number of carbonyl (C=O) groups excluding carboxylic acids is 1. The number of carbonyl (C=O) groups is 1. The van der Waals surface area contributed by atoms with Crippen LogP contribution in [0.3, 0.4) is 0 Å². The van der Waals surface area contributed by atoms with Gasteiger partial charge < -0.3 is 9.88 Å². The molecule has 0 radical (unpaired) electrons. The number of imidazole rings is 1. The van der Waals surface area contributed by atoms with Crippen molar-refractivity contribution in [1.82, 2.24) is 14.9 Å². The molecule has 0 spiro atoms. The van der Waals surface area contributed by atoms with Crippen LogP contribution in [-0.4, -0.2) is 26.2 Å². The zero-order valence-corrected chi connectivity index (χ0v) is 15.5. The summed E-state index contributed by atoms with van der Waals surface area (Å²) in [5.41, 5.74) is 2.13. The van der Waals surface area contributed by atoms with E-state index in [0.717, 1.165) is 10.9 Å². The van der Waals surface area contributed by atoms with Crippen molar-refractivity contribution in [2.45, 2.75) is 89.2 Å². The molecule has 2 rings (SSSR count). The molecule has 0 aliphatic heterocycles. The summed E-state index contributed by atoms with van der Waals surface area (Å²) in [6.45, 7) is 12.2. The molecule has 1 unspecified atom stereocenters. The van der Waals surface area contributed by atoms with Gasteiger partial charge in [-0.2, -0.15) is 0 Å². The monoisotopic (exact) mass is 323 g/mol. The minimum absolute atomic E-state index is 0.0776. The highest BCUT2D eigenvalue weighted by Gasteiger charge is 2.26. The van der Waals surface area contributed by atoms with E-state index in [0.29, 0.717) is 6.04 Å². The van der Waals surface area contributed by atoms with Gasteiger partial charge in [-0.15, -0.1) is 0 Å². The van der Waals surface area contributed by atoms with Gasteiger partial charge in [0.1, 0.15) is 0 Å². The Bertz CT molecular complexity index is 539. The largest absolute Gasteiger partial charge is 0.351 e. The van der Waals surface area contributed by atoms with Crippen LogP contribution in [-0.2, 0) is 4.79 Å². The van der Waals surface area contributed by atoms with Gasteiger partial charge in [-0.25, -0.2) is 4.98 Å². The van der Waals surface area contributed by atoms with Crippen molar-refractivity contribution in [2.24, 2.45) is 0 Å². The van der Waals surface area contributed by atoms with E-state index in [-0.39, 0.29) is 16.7 Å². The standard InChI is InChI=1S/C17H29N3OS/c1-11-12(2)20(14-9-7-8-10-14)16(18-11)22-13(3)15(21)19-17(4,5)6/h13-14H,7-10H2,1-6H3,(H,19,21). The maximum atomic E-state index is 12.3. The van der Waals surface area contributed by atoms with Crippen molar-refractivity contribution in [3.05, 3.63) is 11.4 Å². The maximum Gasteiger partial charge on any atom is 0.233 e. The van der Waals surface area contributed by atoms with Crippen molar-refractivity contribution in [1.29, 1.82) is 0 Å². The molecule has 1 fully saturated rings. The Morgan fingerprint density at radius 3 is 2.45 bits per heavy atom. The lowest BCUT2D eigenvalue weighted by Crippen LogP contribution is -2.44. The first-order chi connectivity index (χ1) is 10.2. The maximum absolute atomic E-state index is 12.3. The smallest absolute Gasteiger partial charge is 0.233 e. The first-order valence-corrected chi connectivity index (χ1v) is 9.11. The molecule has 0 bridgehead atoms. The van der Waals surface area contributed by atoms with Crippen molar-refractivity contribution in [3.8, 4) is 0 Å². The van der Waals surface area contributed by atoms with Crippen LogP contribution in [0.1, 0.15) is 70.8 Å². The number of thioether (sulfide) groups is 1. The molecule has 1 aromatic heterocycles. The van der Waals surface area contributed by atoms with Crippen molar-refractivity contribution < 1.29 is 4.79 Å². The number of hydrogen-bond donors (Lipinski definition) is 1. The lowest BCUT2D eigenvalue weighted by atomic mass is 10.1. The van der Waals surface area contributed by atoms with E-state index in [2.05, 4.69) is 23.7 Å². The fourth-order valence-electron chi connectivity index (χ4n) is 2.95. The summed E-state index contributed by atoms with van der Waals surface area (Å²) >= 11 is 1.58. The molecule has 22 heavy (non-hydrogen) atoms. The lowest BCUT2D eigenvalue weighted by molar-refractivity contribution is -0.121. The molecule has 4 nitrogen and oxygen atoms in total. The summed E-state index contributed by atoms with van der Waals surface area (Å²) in [5, 5.41) is 3.91. The predicted octanol–water partition coefficient (Wildman–Crippen LogP) is 4.01. The zero-order valence-electron chi connectivity index (χ0n) is 14.7. The van der Waals surface area contributed by atoms with Crippen molar-refractivity contribution in [3.63, 3.8) is 0 Å². The summed E-state index contributed by atoms with van der Waals surface area (Å²) in [6.07, 6.45) is 5.05. The summed E-state index contributed by atoms with van der Waals surface area (Å²) in [5.74, 6) is 0.0776. The van der Waals surface area contributed by atoms with Gasteiger partial charge >= 0.3 is 0 Å². The van der Waals surface area contributed by atoms with Crippen LogP contribution in [0.5, 0.6) is 0 Å². The fourth-order valence-corrected chi connectivity index (χ4v) is 4.03. The molecule has 1 saturated carbocycles. The highest BCUT2D eigenvalue weighted by atomic mass is 32.2. The van der Waals surface area contributed by atoms with E-state index in [4.69, 9.17) is 4.98 Å². The Hall–Kier alpha value is -0.970. The van der Waals surface area contributed by atoms with Gasteiger partial charge in [0, 0.05) is 17.3 Å². The summed E-state index contributed by atoms with van der Waals surface area (Å²) in [6, 6.07) is 0.557. The van der Waals surface area contributed by atoms with Gasteiger partial charge in [-0.1, -0.05) is 24.6 Å². The lowest BCUT2D eigenvalue weighted by Gasteiger charge is -2.23. The quantitative estimate of drug-likeness (QED) is 0.852. The second-order valence-corrected chi connectivity index (χ2v) is 8.68. The number of amides is 1. The number of aromatic nitrogens is 2. The summed E-state index contributed by atoms with van der Waals surface area (Å²) in [7, 11) is 0. The molecular formula is C17H29N3OS. The van der Waals surface area contributed by atoms with Crippen molar-refractivity contribution >= 4 is 17.7 Å². The van der Waals surface area contributed by atoms with Crippen LogP contribution in [0.4, 0.5) is 0 Å². The summed E-state index contributed by atoms with van der Waals surface area (Å²) in [4.78, 5) is 17.0. The first kappa shape index (κ1) is 17.4. The van der Waals surface area contributed by atoms with E-state index < -0.39 is 0 Å². The van der Waals surface area contributed by atoms with Crippen LogP contribution >= 0.6 is 11.8 Å². The zero-order chi connectivity index (χ0) is 16.5. The van der Waals surface area contributed by atoms with Gasteiger partial charge in [0.2, 0.25) is 5.91 Å². The molecular weight excluding hydrogens is 294 g/mol. The molecule has 1 aliphatic rings. The van der Waals surface area contributed by atoms with Crippen LogP contribution < -0.4 is 5.32 Å². The Kier molecular flexibility index (Phi) is 5.25. The molecule has 5 heteroatoms. The number of aryl methyl sites for hydroxylation is 1. The third-order valence-electron chi connectivity index (χ3n) is 4.19. The van der Waals surface area contributed by atoms with E-state index in [9.17, 15) is 4.79 Å². The molecule has 1 heterocycles. The van der Waals surface area contributed by atoms with Crippen LogP contribution in [0.2, 0.25) is 0 Å². The topological polar surface area (TPSA) is 46.9 Å². The number of rotatable bonds is 4. The Labute approximate surface area is 138 Å². The van der Waals surface area contributed by atoms with Crippen LogP contribution in [0.25, 0.3) is 0 Å². The van der Waals surface area contributed by atoms with E-state index >= 15 is 0 Å². The molecule has 1 atom stereocenters. The van der Waals surface area contributed by atoms with Crippen LogP contribution in [0.15, 0.2) is 5.16 Å². The molecule has 1 amide bonds. The highest BCUT2D eigenvalue weighted by Crippen LogP contribution is 2.36. The SMILES string of the molecule is Cc1nc(SC(C)C(=O)NC(C)(C)C)n(C2CCCC2)c1C. The number of nitrogens with one attached hydrogen (secondary N) is 1. The molecule has 1 aromatic rings. The average molecular weight is 324 g/mol. The molecule has 0 aromatic carbocycles. The Balaban J connectivity index is 2.15. The fraction of sp³-hybridized carbons (Fsp3) is 0.765. The molecule has 1 N–H and O–H groups in total. The summed E-state index contributed by atoms with van der Waals surface area (Å²) < 4.78 is 2.37. The Morgan fingerprint density at radius 2 is 1.91 bits per heavy atom. The number of hydrogen-bond acceptors (Lipinski definition) is 3. The number of nitrogens with zero attached hydrogens (tertiary/aromatic N) is 2. The van der Waals surface area contributed by atoms with Gasteiger partial charge in [-0.3, -0.25) is 4.79 Å². The molecule has 1 aliphatic carbocycles. The first-order valence-electron chi connectivity index (χ1n) is 8.23. The molecule has 0 saturated heterocycles. The third kappa shape index (κ3) is 4.06. The van der Waals surface area contributed by atoms with Crippen LogP contribution in [0, 0.1) is 13.8 Å². The van der Waals surface area contributed by atoms with E-state index in [1.165, 1.54) is 31.4 Å². The van der Waals surface area contributed by atoms with Gasteiger partial charge in [0.15, 0.2) is 5.16 Å².